The molecule has 0 spiro atoms. The Bertz CT molecular complexity index is 176. The van der Waals surface area contributed by atoms with E-state index in [9.17, 15) is 0 Å². The Balaban J connectivity index is 0.000000160. The zero-order chi connectivity index (χ0) is 11.9. The second kappa shape index (κ2) is 7.22. The fourth-order valence-electron chi connectivity index (χ4n) is 1.75. The van der Waals surface area contributed by atoms with Crippen molar-refractivity contribution in [3.63, 3.8) is 0 Å². The first-order chi connectivity index (χ1) is 7.70. The van der Waals surface area contributed by atoms with E-state index in [2.05, 4.69) is 31.4 Å². The zero-order valence-electron chi connectivity index (χ0n) is 10.8. The Hall–Kier alpha value is -0.160. The molecule has 2 unspecified atom stereocenters. The van der Waals surface area contributed by atoms with Crippen LogP contribution < -0.4 is 10.6 Å². The van der Waals surface area contributed by atoms with Crippen LogP contribution in [0.2, 0.25) is 0 Å². The molecule has 4 heteroatoms. The molecule has 16 heavy (non-hydrogen) atoms. The molecule has 0 radical (unpaired) electrons. The molecule has 0 aromatic rings. The van der Waals surface area contributed by atoms with Crippen molar-refractivity contribution in [3.05, 3.63) is 0 Å². The summed E-state index contributed by atoms with van der Waals surface area (Å²) >= 11 is 0. The van der Waals surface area contributed by atoms with Gasteiger partial charge in [0, 0.05) is 11.6 Å². The lowest BCUT2D eigenvalue weighted by Crippen LogP contribution is -2.37. The number of rotatable bonds is 3. The van der Waals surface area contributed by atoms with Gasteiger partial charge in [0.2, 0.25) is 0 Å². The highest BCUT2D eigenvalue weighted by Crippen LogP contribution is 2.13. The topological polar surface area (TPSA) is 42.5 Å². The maximum absolute atomic E-state index is 5.14. The van der Waals surface area contributed by atoms with Crippen LogP contribution in [0.1, 0.15) is 40.0 Å². The summed E-state index contributed by atoms with van der Waals surface area (Å²) in [6.07, 6.45) is 3.65. The molecule has 0 aromatic carbocycles. The maximum Gasteiger partial charge on any atom is 0.0971 e. The average Bonchev–Trinajstić information content (AvgIpc) is 2.92. The van der Waals surface area contributed by atoms with Crippen molar-refractivity contribution >= 4 is 0 Å². The molecule has 0 aliphatic carbocycles. The minimum Gasteiger partial charge on any atom is -0.365 e. The largest absolute Gasteiger partial charge is 0.365 e. The van der Waals surface area contributed by atoms with Crippen LogP contribution in [-0.2, 0) is 9.47 Å². The van der Waals surface area contributed by atoms with E-state index in [1.807, 2.05) is 0 Å². The lowest BCUT2D eigenvalue weighted by Gasteiger charge is -2.18. The Morgan fingerprint density at radius 1 is 1.25 bits per heavy atom. The van der Waals surface area contributed by atoms with E-state index in [0.717, 1.165) is 33.1 Å². The molecule has 96 valence electrons. The quantitative estimate of drug-likeness (QED) is 0.770. The Kier molecular flexibility index (Phi) is 6.28. The third-order valence-electron chi connectivity index (χ3n) is 3.23. The molecular weight excluding hydrogens is 204 g/mol. The van der Waals surface area contributed by atoms with E-state index in [1.54, 1.807) is 0 Å². The molecule has 0 saturated carbocycles. The molecule has 0 bridgehead atoms. The SMILES string of the molecule is CCC1(C)COCN1.CCCC1COCN1. The third kappa shape index (κ3) is 4.78. The molecule has 4 nitrogen and oxygen atoms in total. The van der Waals surface area contributed by atoms with Gasteiger partial charge in [-0.05, 0) is 19.8 Å². The van der Waals surface area contributed by atoms with Gasteiger partial charge in [-0.3, -0.25) is 10.6 Å². The molecule has 2 rings (SSSR count). The van der Waals surface area contributed by atoms with Gasteiger partial charge in [0.1, 0.15) is 0 Å². The third-order valence-corrected chi connectivity index (χ3v) is 3.23. The van der Waals surface area contributed by atoms with E-state index in [4.69, 9.17) is 9.47 Å². The van der Waals surface area contributed by atoms with Gasteiger partial charge in [0.25, 0.3) is 0 Å². The standard InChI is InChI=1S/2C6H13NO/c1-3-6(2)4-8-5-7-6;1-2-3-6-4-8-5-7-6/h7H,3-5H2,1-2H3;6-7H,2-5H2,1H3. The van der Waals surface area contributed by atoms with Gasteiger partial charge in [0.05, 0.1) is 26.7 Å². The Morgan fingerprint density at radius 2 is 2.06 bits per heavy atom. The first-order valence-electron chi connectivity index (χ1n) is 6.34. The highest BCUT2D eigenvalue weighted by Gasteiger charge is 2.25. The van der Waals surface area contributed by atoms with Gasteiger partial charge >= 0.3 is 0 Å². The smallest absolute Gasteiger partial charge is 0.0971 e. The summed E-state index contributed by atoms with van der Waals surface area (Å²) in [6, 6.07) is 0.639. The van der Waals surface area contributed by atoms with Crippen molar-refractivity contribution < 1.29 is 9.47 Å². The zero-order valence-corrected chi connectivity index (χ0v) is 10.8. The van der Waals surface area contributed by atoms with Crippen LogP contribution in [0, 0.1) is 0 Å². The summed E-state index contributed by atoms with van der Waals surface area (Å²) in [7, 11) is 0. The van der Waals surface area contributed by atoms with Gasteiger partial charge in [-0.1, -0.05) is 20.3 Å². The summed E-state index contributed by atoms with van der Waals surface area (Å²) < 4.78 is 10.2. The minimum atomic E-state index is 0.264. The van der Waals surface area contributed by atoms with Gasteiger partial charge < -0.3 is 9.47 Å². The molecule has 0 aromatic heterocycles. The average molecular weight is 230 g/mol. The van der Waals surface area contributed by atoms with E-state index in [1.165, 1.54) is 12.8 Å². The van der Waals surface area contributed by atoms with Gasteiger partial charge in [-0.25, -0.2) is 0 Å². The van der Waals surface area contributed by atoms with E-state index in [0.29, 0.717) is 6.04 Å². The summed E-state index contributed by atoms with van der Waals surface area (Å²) in [5.41, 5.74) is 0.264. The van der Waals surface area contributed by atoms with Crippen LogP contribution >= 0.6 is 0 Å². The monoisotopic (exact) mass is 230 g/mol. The number of nitrogens with one attached hydrogen (secondary N) is 2. The van der Waals surface area contributed by atoms with Crippen molar-refractivity contribution in [1.29, 1.82) is 0 Å². The molecule has 2 saturated heterocycles. The van der Waals surface area contributed by atoms with Crippen molar-refractivity contribution in [1.82, 2.24) is 10.6 Å². The summed E-state index contributed by atoms with van der Waals surface area (Å²) in [4.78, 5) is 0. The van der Waals surface area contributed by atoms with Crippen molar-refractivity contribution in [2.75, 3.05) is 26.7 Å². The normalized spacial score (nSPS) is 33.6. The highest BCUT2D eigenvalue weighted by atomic mass is 16.5. The van der Waals surface area contributed by atoms with Crippen LogP contribution in [0.3, 0.4) is 0 Å². The first-order valence-corrected chi connectivity index (χ1v) is 6.34. The van der Waals surface area contributed by atoms with E-state index in [-0.39, 0.29) is 5.54 Å². The van der Waals surface area contributed by atoms with E-state index < -0.39 is 0 Å². The fourth-order valence-corrected chi connectivity index (χ4v) is 1.75. The maximum atomic E-state index is 5.14. The van der Waals surface area contributed by atoms with Gasteiger partial charge in [0.15, 0.2) is 0 Å². The van der Waals surface area contributed by atoms with Crippen molar-refractivity contribution in [3.8, 4) is 0 Å². The van der Waals surface area contributed by atoms with Gasteiger partial charge in [-0.15, -0.1) is 0 Å². The number of ether oxygens (including phenoxy) is 2. The van der Waals surface area contributed by atoms with Crippen LogP contribution in [0.25, 0.3) is 0 Å². The van der Waals surface area contributed by atoms with Crippen LogP contribution in [-0.4, -0.2) is 38.3 Å². The molecule has 2 aliphatic heterocycles. The molecule has 2 fully saturated rings. The summed E-state index contributed by atoms with van der Waals surface area (Å²) in [5.74, 6) is 0. The van der Waals surface area contributed by atoms with E-state index >= 15 is 0 Å². The van der Waals surface area contributed by atoms with Crippen LogP contribution in [0.15, 0.2) is 0 Å². The summed E-state index contributed by atoms with van der Waals surface area (Å²) in [5, 5.41) is 6.50. The second-order valence-corrected chi connectivity index (χ2v) is 4.79. The van der Waals surface area contributed by atoms with Crippen LogP contribution in [0.4, 0.5) is 0 Å². The number of hydrogen-bond acceptors (Lipinski definition) is 4. The molecule has 0 amide bonds. The fraction of sp³-hybridized carbons (Fsp3) is 1.00. The molecule has 2 aliphatic rings. The summed E-state index contributed by atoms with van der Waals surface area (Å²) in [6.45, 7) is 9.80. The highest BCUT2D eigenvalue weighted by molar-refractivity contribution is 4.83. The predicted octanol–water partition coefficient (Wildman–Crippen LogP) is 1.46. The molecule has 2 atom stereocenters. The molecule has 2 heterocycles. The minimum absolute atomic E-state index is 0.264. The van der Waals surface area contributed by atoms with Crippen molar-refractivity contribution in [2.24, 2.45) is 0 Å². The Labute approximate surface area is 99.1 Å². The number of hydrogen-bond donors (Lipinski definition) is 2. The second-order valence-electron chi connectivity index (χ2n) is 4.79. The lowest BCUT2D eigenvalue weighted by atomic mass is 10.0. The lowest BCUT2D eigenvalue weighted by molar-refractivity contribution is 0.178. The van der Waals surface area contributed by atoms with Crippen molar-refractivity contribution in [2.45, 2.75) is 51.6 Å². The Morgan fingerprint density at radius 3 is 2.44 bits per heavy atom. The van der Waals surface area contributed by atoms with Crippen LogP contribution in [0.5, 0.6) is 0 Å². The molecular formula is C12H26N2O2. The predicted molar refractivity (Wildman–Crippen MR) is 65.3 cm³/mol. The first kappa shape index (κ1) is 13.9. The van der Waals surface area contributed by atoms with Gasteiger partial charge in [-0.2, -0.15) is 0 Å². The molecule has 2 N–H and O–H groups in total.